The first-order chi connectivity index (χ1) is 46.6. The van der Waals surface area contributed by atoms with Gasteiger partial charge in [-0.1, -0.05) is 0 Å². The standard InChI is InChI=1S/C37H35F2N5O8.C31H24F2N4O7/c1-2-43-22-26(36(46)44(37(43)47)25-7-4-23(38)5-8-25)35(45)41-24-6-9-29(27(39)20-24)52-30-10-11-40-28-21-31(33-34(32(28)30)51-19-18-50-33)49-15-3-12-42-13-16-48-17-14-42;1-3-36-16-20(30(39)37(31(36)40)19-7-4-17(32)5-8-19)29(38)35-18-6-9-23(21(33)14-18)44-24-10-11-34-22-15-25(41-2)27-28(26(22)24)43-13-12-42-27/h4-11,20-22H,2-3,12-19H2,1H3,(H,41,45);4-11,14-16H,3,12-13H2,1-2H3,(H,35,38). The summed E-state index contributed by atoms with van der Waals surface area (Å²) in [6.07, 6.45) is 6.09. The number of nitrogens with one attached hydrogen (secondary N) is 2. The van der Waals surface area contributed by atoms with Gasteiger partial charge in [-0.2, -0.15) is 0 Å². The Hall–Kier alpha value is -11.5. The Morgan fingerprint density at radius 2 is 0.958 bits per heavy atom. The van der Waals surface area contributed by atoms with E-state index in [1.165, 1.54) is 77.2 Å². The number of methoxy groups -OCH3 is 1. The van der Waals surface area contributed by atoms with Crippen molar-refractivity contribution in [2.45, 2.75) is 33.4 Å². The zero-order valence-electron chi connectivity index (χ0n) is 51.7. The number of hydrogen-bond donors (Lipinski definition) is 2. The van der Waals surface area contributed by atoms with Crippen molar-refractivity contribution in [2.24, 2.45) is 0 Å². The van der Waals surface area contributed by atoms with Crippen LogP contribution in [0.3, 0.4) is 0 Å². The van der Waals surface area contributed by atoms with Gasteiger partial charge in [0, 0.05) is 93.2 Å². The third kappa shape index (κ3) is 13.5. The van der Waals surface area contributed by atoms with Gasteiger partial charge in [-0.15, -0.1) is 0 Å². The molecule has 3 aliphatic heterocycles. The molecular weight excluding hydrogens is 1260 g/mol. The number of fused-ring (bicyclic) bond motifs is 6. The number of carbonyl (C=O) groups is 2. The summed E-state index contributed by atoms with van der Waals surface area (Å²) in [7, 11) is 1.50. The fraction of sp³-hybridized carbons (Fsp3) is 0.235. The molecule has 0 spiro atoms. The van der Waals surface area contributed by atoms with E-state index in [0.717, 1.165) is 97.2 Å². The van der Waals surface area contributed by atoms with E-state index in [1.807, 2.05) is 0 Å². The normalized spacial score (nSPS) is 13.3. The minimum atomic E-state index is -0.917. The molecule has 0 aliphatic carbocycles. The zero-order chi connectivity index (χ0) is 67.1. The number of aryl methyl sites for hydroxylation is 2. The van der Waals surface area contributed by atoms with Crippen LogP contribution in [-0.4, -0.2) is 118 Å². The molecule has 0 bridgehead atoms. The van der Waals surface area contributed by atoms with Crippen LogP contribution in [0.2, 0.25) is 0 Å². The van der Waals surface area contributed by atoms with Gasteiger partial charge in [0.25, 0.3) is 22.9 Å². The molecule has 1 fully saturated rings. The van der Waals surface area contributed by atoms with Crippen LogP contribution < -0.4 is 71.0 Å². The predicted octanol–water partition coefficient (Wildman–Crippen LogP) is 9.43. The monoisotopic (exact) mass is 1320 g/mol. The van der Waals surface area contributed by atoms with Crippen LogP contribution in [0.1, 0.15) is 41.0 Å². The molecule has 13 rings (SSSR count). The average molecular weight is 1320 g/mol. The highest BCUT2D eigenvalue weighted by molar-refractivity contribution is 6.05. The molecule has 6 aromatic carbocycles. The molecular formula is C68H59F4N9O15. The van der Waals surface area contributed by atoms with E-state index in [-0.39, 0.29) is 83.2 Å². The van der Waals surface area contributed by atoms with Crippen molar-refractivity contribution in [1.82, 2.24) is 33.1 Å². The van der Waals surface area contributed by atoms with Gasteiger partial charge < -0.3 is 53.3 Å². The highest BCUT2D eigenvalue weighted by Gasteiger charge is 2.28. The number of halogens is 4. The van der Waals surface area contributed by atoms with Crippen LogP contribution in [0.5, 0.6) is 57.5 Å². The lowest BCUT2D eigenvalue weighted by molar-refractivity contribution is 0.0357. The maximum absolute atomic E-state index is 15.5. The van der Waals surface area contributed by atoms with Crippen LogP contribution >= 0.6 is 0 Å². The number of nitrogens with zero attached hydrogens (tertiary/aromatic N) is 7. The van der Waals surface area contributed by atoms with Crippen molar-refractivity contribution >= 4 is 45.0 Å². The number of aromatic nitrogens is 6. The molecule has 28 heteroatoms. The van der Waals surface area contributed by atoms with Crippen LogP contribution in [0.4, 0.5) is 28.9 Å². The molecule has 3 aliphatic rings. The fourth-order valence-electron chi connectivity index (χ4n) is 10.8. The van der Waals surface area contributed by atoms with Gasteiger partial charge in [0.05, 0.1) is 60.1 Å². The zero-order valence-corrected chi connectivity index (χ0v) is 51.7. The van der Waals surface area contributed by atoms with E-state index in [1.54, 1.807) is 38.1 Å². The molecule has 2 amide bonds. The summed E-state index contributed by atoms with van der Waals surface area (Å²) in [5, 5.41) is 5.93. The third-order valence-electron chi connectivity index (χ3n) is 15.6. The Labute approximate surface area is 541 Å². The second kappa shape index (κ2) is 28.4. The SMILES string of the molecule is CCn1cc(C(=O)Nc2ccc(Oc3ccnc4cc(OC)c5c(c34)OCCO5)c(F)c2)c(=O)n(-c2ccc(F)cc2)c1=O.CCn1cc(C(=O)Nc2ccc(Oc3ccnc4cc(OCCCN5CCOCC5)c5c(c34)OCCO5)c(F)c2)c(=O)n(-c2ccc(F)cc2)c1=O. The molecule has 0 radical (unpaired) electrons. The minimum Gasteiger partial charge on any atom is -0.493 e. The Morgan fingerprint density at radius 1 is 0.521 bits per heavy atom. The van der Waals surface area contributed by atoms with E-state index in [0.29, 0.717) is 76.1 Å². The van der Waals surface area contributed by atoms with E-state index >= 15 is 8.78 Å². The second-order valence-corrected chi connectivity index (χ2v) is 21.6. The van der Waals surface area contributed by atoms with Gasteiger partial charge in [0.2, 0.25) is 11.5 Å². The first kappa shape index (κ1) is 64.6. The molecule has 7 heterocycles. The molecule has 494 valence electrons. The van der Waals surface area contributed by atoms with Gasteiger partial charge in [0.1, 0.15) is 60.7 Å². The van der Waals surface area contributed by atoms with Crippen molar-refractivity contribution < 1.29 is 69.8 Å². The van der Waals surface area contributed by atoms with Gasteiger partial charge in [-0.25, -0.2) is 36.3 Å². The molecule has 2 N–H and O–H groups in total. The number of ether oxygens (including phenoxy) is 9. The first-order valence-corrected chi connectivity index (χ1v) is 30.3. The summed E-state index contributed by atoms with van der Waals surface area (Å²) < 4.78 is 114. The lowest BCUT2D eigenvalue weighted by Gasteiger charge is -2.26. The maximum Gasteiger partial charge on any atom is 0.335 e. The number of pyridine rings is 2. The molecule has 0 atom stereocenters. The van der Waals surface area contributed by atoms with Crippen LogP contribution in [0, 0.1) is 23.3 Å². The Morgan fingerprint density at radius 3 is 1.40 bits per heavy atom. The summed E-state index contributed by atoms with van der Waals surface area (Å²) in [5.74, 6) is -1.85. The Kier molecular flexibility index (Phi) is 19.1. The lowest BCUT2D eigenvalue weighted by Crippen LogP contribution is -2.42. The second-order valence-electron chi connectivity index (χ2n) is 21.6. The average Bonchev–Trinajstić information content (AvgIpc) is 0.790. The fourth-order valence-corrected chi connectivity index (χ4v) is 10.8. The molecule has 0 saturated carbocycles. The Bertz CT molecular complexity index is 4890. The quantitative estimate of drug-likeness (QED) is 0.0598. The van der Waals surface area contributed by atoms with E-state index < -0.39 is 57.6 Å². The van der Waals surface area contributed by atoms with Gasteiger partial charge >= 0.3 is 11.4 Å². The van der Waals surface area contributed by atoms with Crippen molar-refractivity contribution in [2.75, 3.05) is 83.6 Å². The number of benzene rings is 6. The maximum atomic E-state index is 15.5. The molecule has 0 unspecified atom stereocenters. The third-order valence-corrected chi connectivity index (χ3v) is 15.6. The molecule has 24 nitrogen and oxygen atoms in total. The summed E-state index contributed by atoms with van der Waals surface area (Å²) in [4.78, 5) is 90.0. The number of hydrogen-bond acceptors (Lipinski definition) is 18. The number of morpholine rings is 1. The minimum absolute atomic E-state index is 0.0280. The number of rotatable bonds is 18. The van der Waals surface area contributed by atoms with Gasteiger partial charge in [-0.3, -0.25) is 43.2 Å². The highest BCUT2D eigenvalue weighted by atomic mass is 19.1. The molecule has 1 saturated heterocycles. The molecule has 10 aromatic rings. The smallest absolute Gasteiger partial charge is 0.335 e. The largest absolute Gasteiger partial charge is 0.493 e. The van der Waals surface area contributed by atoms with Crippen molar-refractivity contribution in [3.63, 3.8) is 0 Å². The first-order valence-electron chi connectivity index (χ1n) is 30.3. The number of anilines is 2. The van der Waals surface area contributed by atoms with E-state index in [2.05, 4.69) is 25.5 Å². The van der Waals surface area contributed by atoms with Gasteiger partial charge in [-0.05, 0) is 105 Å². The molecule has 96 heavy (non-hydrogen) atoms. The summed E-state index contributed by atoms with van der Waals surface area (Å²) in [6, 6.07) is 23.5. The van der Waals surface area contributed by atoms with Crippen LogP contribution in [0.15, 0.2) is 153 Å². The predicted molar refractivity (Wildman–Crippen MR) is 342 cm³/mol. The highest BCUT2D eigenvalue weighted by Crippen LogP contribution is 2.50. The van der Waals surface area contributed by atoms with Gasteiger partial charge in [0.15, 0.2) is 46.1 Å². The topological polar surface area (TPSA) is 258 Å². The Balaban J connectivity index is 0.000000186. The number of amides is 2. The van der Waals surface area contributed by atoms with E-state index in [4.69, 9.17) is 42.6 Å². The summed E-state index contributed by atoms with van der Waals surface area (Å²) >= 11 is 0. The summed E-state index contributed by atoms with van der Waals surface area (Å²) in [6.45, 7) is 9.43. The molecule has 4 aromatic heterocycles. The van der Waals surface area contributed by atoms with Crippen LogP contribution in [-0.2, 0) is 17.8 Å². The number of carbonyl (C=O) groups excluding carboxylic acids is 2. The van der Waals surface area contributed by atoms with Crippen molar-refractivity contribution in [3.05, 3.63) is 210 Å². The van der Waals surface area contributed by atoms with E-state index in [9.17, 15) is 37.5 Å². The lowest BCUT2D eigenvalue weighted by atomic mass is 10.1. The summed E-state index contributed by atoms with van der Waals surface area (Å²) in [5.41, 5.74) is -2.77. The van der Waals surface area contributed by atoms with Crippen LogP contribution in [0.25, 0.3) is 33.2 Å². The van der Waals surface area contributed by atoms with Crippen molar-refractivity contribution in [1.29, 1.82) is 0 Å². The van der Waals surface area contributed by atoms with Crippen molar-refractivity contribution in [3.8, 4) is 68.9 Å².